The molecular weight excluding hydrogens is 381 g/mol. The third kappa shape index (κ3) is 4.67. The minimum atomic E-state index is -0.568. The van der Waals surface area contributed by atoms with Gasteiger partial charge in [-0.1, -0.05) is 0 Å². The number of piperidine rings is 1. The molecule has 150 valence electrons. The van der Waals surface area contributed by atoms with E-state index in [-0.39, 0.29) is 24.8 Å². The number of nitrogens with zero attached hydrogens (tertiary/aromatic N) is 2. The molecule has 2 aromatic rings. The minimum Gasteiger partial charge on any atom is -0.493 e. The van der Waals surface area contributed by atoms with E-state index < -0.39 is 11.3 Å². The summed E-state index contributed by atoms with van der Waals surface area (Å²) in [6.45, 7) is 4.93. The third-order valence-electron chi connectivity index (χ3n) is 4.95. The van der Waals surface area contributed by atoms with Gasteiger partial charge < -0.3 is 15.4 Å². The van der Waals surface area contributed by atoms with Crippen LogP contribution in [0.3, 0.4) is 0 Å². The zero-order valence-electron chi connectivity index (χ0n) is 16.0. The number of thiazole rings is 1. The summed E-state index contributed by atoms with van der Waals surface area (Å²) in [5.41, 5.74) is 5.66. The van der Waals surface area contributed by atoms with Gasteiger partial charge in [0.1, 0.15) is 16.4 Å². The molecule has 0 saturated carbocycles. The van der Waals surface area contributed by atoms with Crippen LogP contribution in [0.1, 0.15) is 39.6 Å². The van der Waals surface area contributed by atoms with Crippen molar-refractivity contribution in [1.82, 2.24) is 9.88 Å². The smallest absolute Gasteiger partial charge is 0.265 e. The van der Waals surface area contributed by atoms with Gasteiger partial charge in [-0.05, 0) is 51.0 Å². The fraction of sp³-hybridized carbons (Fsp3) is 0.450. The average molecular weight is 405 g/mol. The fourth-order valence-electron chi connectivity index (χ4n) is 3.70. The van der Waals surface area contributed by atoms with E-state index in [2.05, 4.69) is 4.98 Å². The van der Waals surface area contributed by atoms with E-state index in [1.165, 1.54) is 23.5 Å². The number of carbonyl (C=O) groups is 2. The summed E-state index contributed by atoms with van der Waals surface area (Å²) in [6, 6.07) is 5.73. The highest BCUT2D eigenvalue weighted by Crippen LogP contribution is 2.35. The lowest BCUT2D eigenvalue weighted by atomic mass is 9.77. The second-order valence-electron chi connectivity index (χ2n) is 7.36. The van der Waals surface area contributed by atoms with Crippen molar-refractivity contribution in [3.8, 4) is 5.75 Å². The highest BCUT2D eigenvalue weighted by molar-refractivity contribution is 7.13. The summed E-state index contributed by atoms with van der Waals surface area (Å²) in [7, 11) is 0. The van der Waals surface area contributed by atoms with E-state index in [0.717, 1.165) is 23.5 Å². The molecule has 1 aliphatic heterocycles. The van der Waals surface area contributed by atoms with Gasteiger partial charge >= 0.3 is 0 Å². The molecule has 0 spiro atoms. The van der Waals surface area contributed by atoms with Crippen LogP contribution >= 0.6 is 11.3 Å². The van der Waals surface area contributed by atoms with Gasteiger partial charge in [0.25, 0.3) is 5.91 Å². The molecule has 1 atom stereocenters. The third-order valence-corrected chi connectivity index (χ3v) is 6.02. The summed E-state index contributed by atoms with van der Waals surface area (Å²) < 4.78 is 18.9. The topological polar surface area (TPSA) is 85.5 Å². The molecule has 2 N–H and O–H groups in total. The SMILES string of the molecule is Cc1nc(C)c(C(=O)N2CCCC(COc3ccc(F)cc3)(CC(N)=O)C2)s1. The van der Waals surface area contributed by atoms with Crippen LogP contribution in [0.2, 0.25) is 0 Å². The maximum atomic E-state index is 13.1. The van der Waals surface area contributed by atoms with Gasteiger partial charge in [0, 0.05) is 24.9 Å². The molecule has 2 heterocycles. The highest BCUT2D eigenvalue weighted by atomic mass is 32.1. The fourth-order valence-corrected chi connectivity index (χ4v) is 4.59. The lowest BCUT2D eigenvalue weighted by Crippen LogP contribution is -2.50. The normalized spacial score (nSPS) is 19.5. The van der Waals surface area contributed by atoms with Crippen molar-refractivity contribution in [2.45, 2.75) is 33.1 Å². The molecule has 6 nitrogen and oxygen atoms in total. The Bertz CT molecular complexity index is 868. The van der Waals surface area contributed by atoms with Crippen molar-refractivity contribution < 1.29 is 18.7 Å². The van der Waals surface area contributed by atoms with Crippen LogP contribution in [0.25, 0.3) is 0 Å². The Labute approximate surface area is 167 Å². The molecule has 1 aliphatic rings. The molecule has 0 radical (unpaired) electrons. The molecule has 1 aromatic heterocycles. The summed E-state index contributed by atoms with van der Waals surface area (Å²) in [6.07, 6.45) is 1.60. The zero-order valence-corrected chi connectivity index (χ0v) is 16.9. The monoisotopic (exact) mass is 405 g/mol. The molecule has 0 aliphatic carbocycles. The van der Waals surface area contributed by atoms with Crippen LogP contribution in [0, 0.1) is 25.1 Å². The number of nitrogens with two attached hydrogens (primary N) is 1. The number of amides is 2. The minimum absolute atomic E-state index is 0.0709. The molecule has 28 heavy (non-hydrogen) atoms. The standard InChI is InChI=1S/C20H24FN3O3S/c1-13-18(28-14(2)23-13)19(26)24-9-3-8-20(11-24,10-17(22)25)12-27-16-6-4-15(21)5-7-16/h4-7H,3,8-12H2,1-2H3,(H2,22,25). The first-order chi connectivity index (χ1) is 13.3. The van der Waals surface area contributed by atoms with Gasteiger partial charge in [-0.15, -0.1) is 11.3 Å². The van der Waals surface area contributed by atoms with Gasteiger partial charge in [-0.25, -0.2) is 9.37 Å². The first kappa shape index (κ1) is 20.3. The van der Waals surface area contributed by atoms with Crippen LogP contribution in [0.15, 0.2) is 24.3 Å². The van der Waals surface area contributed by atoms with Gasteiger partial charge in [0.05, 0.1) is 17.3 Å². The largest absolute Gasteiger partial charge is 0.493 e. The lowest BCUT2D eigenvalue weighted by molar-refractivity contribution is -0.122. The second-order valence-corrected chi connectivity index (χ2v) is 8.57. The number of primary amides is 1. The molecule has 1 saturated heterocycles. The van der Waals surface area contributed by atoms with Crippen molar-refractivity contribution in [1.29, 1.82) is 0 Å². The highest BCUT2D eigenvalue weighted by Gasteiger charge is 2.40. The van der Waals surface area contributed by atoms with Gasteiger partial charge in [-0.3, -0.25) is 9.59 Å². The molecule has 3 rings (SSSR count). The van der Waals surface area contributed by atoms with E-state index >= 15 is 0 Å². The number of hydrogen-bond donors (Lipinski definition) is 1. The van der Waals surface area contributed by atoms with E-state index in [1.54, 1.807) is 17.0 Å². The number of ether oxygens (including phenoxy) is 1. The van der Waals surface area contributed by atoms with E-state index in [0.29, 0.717) is 23.7 Å². The van der Waals surface area contributed by atoms with Crippen LogP contribution < -0.4 is 10.5 Å². The second kappa shape index (κ2) is 8.26. The Kier molecular flexibility index (Phi) is 5.98. The number of likely N-dealkylation sites (tertiary alicyclic amines) is 1. The average Bonchev–Trinajstić information content (AvgIpc) is 2.98. The van der Waals surface area contributed by atoms with Crippen molar-refractivity contribution >= 4 is 23.2 Å². The molecule has 0 bridgehead atoms. The first-order valence-corrected chi connectivity index (χ1v) is 10.00. The number of hydrogen-bond acceptors (Lipinski definition) is 5. The maximum Gasteiger partial charge on any atom is 0.265 e. The van der Waals surface area contributed by atoms with Gasteiger partial charge in [0.2, 0.25) is 5.91 Å². The van der Waals surface area contributed by atoms with Crippen molar-refractivity contribution in [3.63, 3.8) is 0 Å². The van der Waals surface area contributed by atoms with Crippen molar-refractivity contribution in [3.05, 3.63) is 45.7 Å². The van der Waals surface area contributed by atoms with Gasteiger partial charge in [-0.2, -0.15) is 0 Å². The Hall–Kier alpha value is -2.48. The Morgan fingerprint density at radius 3 is 2.64 bits per heavy atom. The molecular formula is C20H24FN3O3S. The predicted octanol–water partition coefficient (Wildman–Crippen LogP) is 3.08. The van der Waals surface area contributed by atoms with Crippen LogP contribution in [-0.2, 0) is 4.79 Å². The molecule has 1 unspecified atom stereocenters. The summed E-state index contributed by atoms with van der Waals surface area (Å²) >= 11 is 1.38. The van der Waals surface area contributed by atoms with Crippen molar-refractivity contribution in [2.75, 3.05) is 19.7 Å². The Morgan fingerprint density at radius 1 is 1.32 bits per heavy atom. The molecule has 1 aromatic carbocycles. The predicted molar refractivity (Wildman–Crippen MR) is 105 cm³/mol. The number of halogens is 1. The molecule has 2 amide bonds. The van der Waals surface area contributed by atoms with E-state index in [1.807, 2.05) is 13.8 Å². The number of rotatable bonds is 6. The number of aryl methyl sites for hydroxylation is 2. The summed E-state index contributed by atoms with van der Waals surface area (Å²) in [5.74, 6) is -0.327. The quantitative estimate of drug-likeness (QED) is 0.800. The summed E-state index contributed by atoms with van der Waals surface area (Å²) in [4.78, 5) is 31.5. The summed E-state index contributed by atoms with van der Waals surface area (Å²) in [5, 5.41) is 0.848. The first-order valence-electron chi connectivity index (χ1n) is 9.18. The number of aromatic nitrogens is 1. The number of benzene rings is 1. The van der Waals surface area contributed by atoms with Gasteiger partial charge in [0.15, 0.2) is 0 Å². The zero-order chi connectivity index (χ0) is 20.3. The lowest BCUT2D eigenvalue weighted by Gasteiger charge is -2.42. The maximum absolute atomic E-state index is 13.1. The van der Waals surface area contributed by atoms with Crippen LogP contribution in [0.4, 0.5) is 4.39 Å². The van der Waals surface area contributed by atoms with Crippen molar-refractivity contribution in [2.24, 2.45) is 11.1 Å². The van der Waals surface area contributed by atoms with E-state index in [4.69, 9.17) is 10.5 Å². The number of carbonyl (C=O) groups excluding carboxylic acids is 2. The molecule has 8 heteroatoms. The van der Waals surface area contributed by atoms with Crippen LogP contribution in [0.5, 0.6) is 5.75 Å². The Morgan fingerprint density at radius 2 is 2.04 bits per heavy atom. The Balaban J connectivity index is 1.77. The van der Waals surface area contributed by atoms with Crippen LogP contribution in [-0.4, -0.2) is 41.4 Å². The molecule has 1 fully saturated rings. The van der Waals surface area contributed by atoms with E-state index in [9.17, 15) is 14.0 Å².